The Morgan fingerprint density at radius 2 is 2.27 bits per heavy atom. The minimum Gasteiger partial charge on any atom is -0.469 e. The zero-order valence-corrected chi connectivity index (χ0v) is 18.1. The standard InChI is InChI=1S/C21H27N3O5S/c1-22-12-17-16-7-8-24(20(26)14-28-11-10-27-2)13-18(16)30-21(17)23-19(25)6-5-15-4-3-9-29-15/h3-4,9,12H,5-8,10-11,13-14H2,1-2H3,(H,23,25). The third-order valence-electron chi connectivity index (χ3n) is 4.80. The molecule has 30 heavy (non-hydrogen) atoms. The highest BCUT2D eigenvalue weighted by atomic mass is 32.1. The zero-order chi connectivity index (χ0) is 21.3. The van der Waals surface area contributed by atoms with Gasteiger partial charge in [0.05, 0.1) is 26.0 Å². The summed E-state index contributed by atoms with van der Waals surface area (Å²) in [5.74, 6) is 0.669. The molecule has 0 saturated carbocycles. The highest BCUT2D eigenvalue weighted by molar-refractivity contribution is 7.16. The first-order chi connectivity index (χ1) is 14.6. The Kier molecular flexibility index (Phi) is 8.18. The van der Waals surface area contributed by atoms with E-state index in [1.807, 2.05) is 12.1 Å². The fourth-order valence-electron chi connectivity index (χ4n) is 3.27. The van der Waals surface area contributed by atoms with E-state index in [9.17, 15) is 9.59 Å². The normalized spacial score (nSPS) is 13.6. The van der Waals surface area contributed by atoms with E-state index in [1.165, 1.54) is 11.3 Å². The number of thiophene rings is 1. The molecule has 1 N–H and O–H groups in total. The van der Waals surface area contributed by atoms with Crippen LogP contribution >= 0.6 is 11.3 Å². The van der Waals surface area contributed by atoms with Crippen molar-refractivity contribution in [1.82, 2.24) is 4.90 Å². The number of aryl methyl sites for hydroxylation is 1. The van der Waals surface area contributed by atoms with Gasteiger partial charge in [0.25, 0.3) is 0 Å². The van der Waals surface area contributed by atoms with E-state index >= 15 is 0 Å². The van der Waals surface area contributed by atoms with Crippen LogP contribution in [-0.2, 0) is 38.4 Å². The molecule has 0 unspecified atom stereocenters. The summed E-state index contributed by atoms with van der Waals surface area (Å²) in [5, 5.41) is 3.79. The number of hydrogen-bond donors (Lipinski definition) is 1. The number of furan rings is 1. The Bertz CT molecular complexity index is 876. The molecule has 0 spiro atoms. The van der Waals surface area contributed by atoms with Crippen LogP contribution in [0.3, 0.4) is 0 Å². The van der Waals surface area contributed by atoms with Crippen LogP contribution in [0.15, 0.2) is 27.8 Å². The van der Waals surface area contributed by atoms with Gasteiger partial charge in [-0.15, -0.1) is 11.3 Å². The summed E-state index contributed by atoms with van der Waals surface area (Å²) in [5.41, 5.74) is 2.09. The summed E-state index contributed by atoms with van der Waals surface area (Å²) in [6.45, 7) is 2.03. The fourth-order valence-corrected chi connectivity index (χ4v) is 4.53. The summed E-state index contributed by atoms with van der Waals surface area (Å²) in [6.07, 6.45) is 4.99. The van der Waals surface area contributed by atoms with Crippen LogP contribution < -0.4 is 5.32 Å². The van der Waals surface area contributed by atoms with Crippen molar-refractivity contribution in [2.45, 2.75) is 25.8 Å². The Hall–Kier alpha value is -2.49. The number of fused-ring (bicyclic) bond motifs is 1. The summed E-state index contributed by atoms with van der Waals surface area (Å²) in [7, 11) is 3.31. The molecule has 0 aliphatic carbocycles. The van der Waals surface area contributed by atoms with Crippen molar-refractivity contribution in [3.63, 3.8) is 0 Å². The van der Waals surface area contributed by atoms with Gasteiger partial charge in [-0.25, -0.2) is 0 Å². The number of rotatable bonds is 10. The SMILES string of the molecule is CN=Cc1c(NC(=O)CCc2ccco2)sc2c1CCN(C(=O)COCCOC)C2. The maximum Gasteiger partial charge on any atom is 0.248 e. The lowest BCUT2D eigenvalue weighted by Gasteiger charge is -2.27. The molecule has 0 atom stereocenters. The van der Waals surface area contributed by atoms with Crippen LogP contribution in [0.4, 0.5) is 5.00 Å². The summed E-state index contributed by atoms with van der Waals surface area (Å²) < 4.78 is 15.6. The van der Waals surface area contributed by atoms with Gasteiger partial charge in [0.1, 0.15) is 17.4 Å². The lowest BCUT2D eigenvalue weighted by atomic mass is 10.0. The smallest absolute Gasteiger partial charge is 0.248 e. The molecule has 2 aromatic rings. The van der Waals surface area contributed by atoms with E-state index in [1.54, 1.807) is 31.5 Å². The van der Waals surface area contributed by atoms with Crippen LogP contribution in [-0.4, -0.2) is 63.5 Å². The number of carbonyl (C=O) groups excluding carboxylic acids is 2. The molecular formula is C21H27N3O5S. The molecule has 3 heterocycles. The molecule has 0 radical (unpaired) electrons. The minimum absolute atomic E-state index is 0.0418. The number of hydrogen-bond acceptors (Lipinski definition) is 7. The average Bonchev–Trinajstić information content (AvgIpc) is 3.38. The predicted octanol–water partition coefficient (Wildman–Crippen LogP) is 2.51. The summed E-state index contributed by atoms with van der Waals surface area (Å²) >= 11 is 1.51. The lowest BCUT2D eigenvalue weighted by molar-refractivity contribution is -0.137. The molecule has 0 fully saturated rings. The van der Waals surface area contributed by atoms with Gasteiger partial charge in [0.15, 0.2) is 0 Å². The number of nitrogens with one attached hydrogen (secondary N) is 1. The maximum absolute atomic E-state index is 12.4. The van der Waals surface area contributed by atoms with E-state index in [2.05, 4.69) is 10.3 Å². The Balaban J connectivity index is 1.63. The molecular weight excluding hydrogens is 406 g/mol. The van der Waals surface area contributed by atoms with E-state index in [0.717, 1.165) is 33.2 Å². The molecule has 2 aromatic heterocycles. The fraction of sp³-hybridized carbons (Fsp3) is 0.476. The number of methoxy groups -OCH3 is 1. The molecule has 3 rings (SSSR count). The van der Waals surface area contributed by atoms with Crippen LogP contribution in [0, 0.1) is 0 Å². The number of nitrogens with zero attached hydrogens (tertiary/aromatic N) is 2. The monoisotopic (exact) mass is 433 g/mol. The van der Waals surface area contributed by atoms with Crippen molar-refractivity contribution in [3.8, 4) is 0 Å². The van der Waals surface area contributed by atoms with Crippen molar-refractivity contribution in [2.24, 2.45) is 4.99 Å². The molecule has 9 heteroatoms. The van der Waals surface area contributed by atoms with Gasteiger partial charge in [-0.05, 0) is 24.1 Å². The first-order valence-electron chi connectivity index (χ1n) is 9.85. The quantitative estimate of drug-likeness (QED) is 0.459. The number of anilines is 1. The number of carbonyl (C=O) groups is 2. The zero-order valence-electron chi connectivity index (χ0n) is 17.3. The van der Waals surface area contributed by atoms with Crippen LogP contribution in [0.1, 0.15) is 28.2 Å². The van der Waals surface area contributed by atoms with E-state index in [-0.39, 0.29) is 18.4 Å². The van der Waals surface area contributed by atoms with Crippen molar-refractivity contribution >= 4 is 34.4 Å². The second-order valence-electron chi connectivity index (χ2n) is 6.87. The topological polar surface area (TPSA) is 93.4 Å². The second kappa shape index (κ2) is 11.1. The van der Waals surface area contributed by atoms with Gasteiger partial charge >= 0.3 is 0 Å². The molecule has 1 aliphatic rings. The van der Waals surface area contributed by atoms with E-state index in [0.29, 0.717) is 39.1 Å². The van der Waals surface area contributed by atoms with Crippen molar-refractivity contribution < 1.29 is 23.5 Å². The molecule has 0 aromatic carbocycles. The number of amides is 2. The molecule has 162 valence electrons. The van der Waals surface area contributed by atoms with Gasteiger partial charge in [-0.2, -0.15) is 0 Å². The van der Waals surface area contributed by atoms with Gasteiger partial charge in [0, 0.05) is 50.2 Å². The van der Waals surface area contributed by atoms with Gasteiger partial charge in [0.2, 0.25) is 11.8 Å². The van der Waals surface area contributed by atoms with Crippen molar-refractivity contribution in [2.75, 3.05) is 45.8 Å². The van der Waals surface area contributed by atoms with Crippen LogP contribution in [0.2, 0.25) is 0 Å². The number of aliphatic imine (C=N–C) groups is 1. The third-order valence-corrected chi connectivity index (χ3v) is 5.95. The minimum atomic E-state index is -0.0739. The molecule has 8 nitrogen and oxygen atoms in total. The molecule has 1 aliphatic heterocycles. The predicted molar refractivity (Wildman–Crippen MR) is 115 cm³/mol. The van der Waals surface area contributed by atoms with Crippen LogP contribution in [0.5, 0.6) is 0 Å². The Labute approximate surface area is 179 Å². The lowest BCUT2D eigenvalue weighted by Crippen LogP contribution is -2.38. The van der Waals surface area contributed by atoms with Crippen molar-refractivity contribution in [3.05, 3.63) is 40.2 Å². The number of ether oxygens (including phenoxy) is 2. The molecule has 2 amide bonds. The maximum atomic E-state index is 12.4. The van der Waals surface area contributed by atoms with Crippen molar-refractivity contribution in [1.29, 1.82) is 0 Å². The highest BCUT2D eigenvalue weighted by Crippen LogP contribution is 2.36. The van der Waals surface area contributed by atoms with Gasteiger partial charge in [-0.3, -0.25) is 14.6 Å². The van der Waals surface area contributed by atoms with Crippen LogP contribution in [0.25, 0.3) is 0 Å². The first kappa shape index (κ1) is 22.2. The van der Waals surface area contributed by atoms with Gasteiger partial charge in [-0.1, -0.05) is 0 Å². The average molecular weight is 434 g/mol. The largest absolute Gasteiger partial charge is 0.469 e. The van der Waals surface area contributed by atoms with E-state index < -0.39 is 0 Å². The Morgan fingerprint density at radius 3 is 3.00 bits per heavy atom. The highest BCUT2D eigenvalue weighted by Gasteiger charge is 2.26. The molecule has 0 bridgehead atoms. The third kappa shape index (κ3) is 5.78. The second-order valence-corrected chi connectivity index (χ2v) is 7.98. The Morgan fingerprint density at radius 1 is 1.40 bits per heavy atom. The summed E-state index contributed by atoms with van der Waals surface area (Å²) in [6, 6.07) is 3.67. The summed E-state index contributed by atoms with van der Waals surface area (Å²) in [4.78, 5) is 31.9. The first-order valence-corrected chi connectivity index (χ1v) is 10.7. The van der Waals surface area contributed by atoms with E-state index in [4.69, 9.17) is 13.9 Å². The molecule has 0 saturated heterocycles. The van der Waals surface area contributed by atoms with Gasteiger partial charge < -0.3 is 24.1 Å².